The number of benzene rings is 1. The number of aliphatic hydroxyl groups excluding tert-OH is 1. The maximum absolute atomic E-state index is 9.96. The second kappa shape index (κ2) is 6.31. The van der Waals surface area contributed by atoms with Crippen LogP contribution in [-0.4, -0.2) is 43.8 Å². The fourth-order valence-corrected chi connectivity index (χ4v) is 2.65. The molecule has 0 saturated heterocycles. The SMILES string of the molecule is Nc1ccc(OCC(O)CSc2nnnn2C2CC2)cc1. The van der Waals surface area contributed by atoms with Crippen molar-refractivity contribution in [2.24, 2.45) is 0 Å². The van der Waals surface area contributed by atoms with Crippen LogP contribution in [0.25, 0.3) is 0 Å². The summed E-state index contributed by atoms with van der Waals surface area (Å²) in [5.74, 6) is 1.18. The van der Waals surface area contributed by atoms with Gasteiger partial charge < -0.3 is 15.6 Å². The van der Waals surface area contributed by atoms with Crippen LogP contribution in [0.2, 0.25) is 0 Å². The van der Waals surface area contributed by atoms with Gasteiger partial charge in [0.25, 0.3) is 0 Å². The molecule has 1 fully saturated rings. The summed E-state index contributed by atoms with van der Waals surface area (Å²) in [5, 5.41) is 22.3. The molecule has 0 spiro atoms. The molecule has 1 heterocycles. The number of nitrogen functional groups attached to an aromatic ring is 1. The first-order valence-electron chi connectivity index (χ1n) is 6.79. The van der Waals surface area contributed by atoms with Gasteiger partial charge in [-0.1, -0.05) is 11.8 Å². The number of nitrogens with zero attached hydrogens (tertiary/aromatic N) is 4. The molecule has 0 radical (unpaired) electrons. The van der Waals surface area contributed by atoms with E-state index in [2.05, 4.69) is 15.5 Å². The molecule has 21 heavy (non-hydrogen) atoms. The number of tetrazole rings is 1. The van der Waals surface area contributed by atoms with Gasteiger partial charge >= 0.3 is 0 Å². The number of aliphatic hydroxyl groups is 1. The minimum atomic E-state index is -0.586. The Balaban J connectivity index is 1.44. The van der Waals surface area contributed by atoms with Gasteiger partial charge in [-0.15, -0.1) is 5.10 Å². The Labute approximate surface area is 126 Å². The molecule has 1 aromatic heterocycles. The number of thioether (sulfide) groups is 1. The third-order valence-corrected chi connectivity index (χ3v) is 4.16. The van der Waals surface area contributed by atoms with Crippen molar-refractivity contribution in [2.75, 3.05) is 18.1 Å². The van der Waals surface area contributed by atoms with E-state index in [4.69, 9.17) is 10.5 Å². The Kier molecular flexibility index (Phi) is 4.26. The third kappa shape index (κ3) is 3.85. The molecule has 7 nitrogen and oxygen atoms in total. The minimum absolute atomic E-state index is 0.224. The van der Waals surface area contributed by atoms with Crippen molar-refractivity contribution in [3.05, 3.63) is 24.3 Å². The lowest BCUT2D eigenvalue weighted by molar-refractivity contribution is 0.126. The quantitative estimate of drug-likeness (QED) is 0.584. The smallest absolute Gasteiger partial charge is 0.209 e. The summed E-state index contributed by atoms with van der Waals surface area (Å²) in [6.45, 7) is 0.224. The summed E-state index contributed by atoms with van der Waals surface area (Å²) in [5.41, 5.74) is 6.28. The Morgan fingerprint density at radius 1 is 1.38 bits per heavy atom. The molecule has 3 rings (SSSR count). The summed E-state index contributed by atoms with van der Waals surface area (Å²) in [6.07, 6.45) is 1.67. The number of aromatic nitrogens is 4. The summed E-state index contributed by atoms with van der Waals surface area (Å²) < 4.78 is 7.34. The average molecular weight is 307 g/mol. The predicted octanol–water partition coefficient (Wildman–Crippen LogP) is 1.12. The normalized spacial score (nSPS) is 15.9. The largest absolute Gasteiger partial charge is 0.491 e. The van der Waals surface area contributed by atoms with Crippen LogP contribution in [-0.2, 0) is 0 Å². The number of anilines is 1. The maximum Gasteiger partial charge on any atom is 0.209 e. The molecule has 0 bridgehead atoms. The molecule has 1 aliphatic carbocycles. The summed E-state index contributed by atoms with van der Waals surface area (Å²) in [6, 6.07) is 7.53. The molecule has 1 aromatic carbocycles. The lowest BCUT2D eigenvalue weighted by atomic mass is 10.3. The average Bonchev–Trinajstić information content (AvgIpc) is 3.23. The lowest BCUT2D eigenvalue weighted by Crippen LogP contribution is -2.20. The Morgan fingerprint density at radius 3 is 2.86 bits per heavy atom. The highest BCUT2D eigenvalue weighted by molar-refractivity contribution is 7.99. The molecule has 0 aliphatic heterocycles. The minimum Gasteiger partial charge on any atom is -0.491 e. The summed E-state index contributed by atoms with van der Waals surface area (Å²) in [7, 11) is 0. The van der Waals surface area contributed by atoms with E-state index >= 15 is 0 Å². The molecular formula is C13H17N5O2S. The van der Waals surface area contributed by atoms with Crippen LogP contribution in [0.15, 0.2) is 29.4 Å². The molecule has 1 aliphatic rings. The Bertz CT molecular complexity index is 585. The van der Waals surface area contributed by atoms with E-state index < -0.39 is 6.10 Å². The third-order valence-electron chi connectivity index (χ3n) is 3.08. The van der Waals surface area contributed by atoms with Gasteiger partial charge in [-0.05, 0) is 47.5 Å². The zero-order chi connectivity index (χ0) is 14.7. The van der Waals surface area contributed by atoms with Crippen molar-refractivity contribution in [3.63, 3.8) is 0 Å². The van der Waals surface area contributed by atoms with Gasteiger partial charge in [0.05, 0.1) is 12.1 Å². The topological polar surface area (TPSA) is 99.1 Å². The van der Waals surface area contributed by atoms with E-state index in [-0.39, 0.29) is 6.61 Å². The molecule has 1 unspecified atom stereocenters. The van der Waals surface area contributed by atoms with Crippen LogP contribution in [0, 0.1) is 0 Å². The number of rotatable bonds is 7. The first-order valence-corrected chi connectivity index (χ1v) is 7.78. The van der Waals surface area contributed by atoms with Gasteiger partial charge in [-0.3, -0.25) is 0 Å². The standard InChI is InChI=1S/C13H17N5O2S/c14-9-1-5-12(6-2-9)20-7-11(19)8-21-13-15-16-17-18(13)10-3-4-10/h1-2,5-6,10-11,19H,3-4,7-8,14H2. The van der Waals surface area contributed by atoms with Gasteiger partial charge in [0.1, 0.15) is 12.4 Å². The van der Waals surface area contributed by atoms with E-state index in [9.17, 15) is 5.11 Å². The lowest BCUT2D eigenvalue weighted by Gasteiger charge is -2.12. The van der Waals surface area contributed by atoms with Crippen molar-refractivity contribution in [1.82, 2.24) is 20.2 Å². The van der Waals surface area contributed by atoms with E-state index in [1.54, 1.807) is 24.3 Å². The van der Waals surface area contributed by atoms with E-state index in [0.717, 1.165) is 18.0 Å². The van der Waals surface area contributed by atoms with Gasteiger partial charge in [0.15, 0.2) is 0 Å². The number of hydrogen-bond acceptors (Lipinski definition) is 7. The molecule has 0 amide bonds. The van der Waals surface area contributed by atoms with Gasteiger partial charge in [-0.2, -0.15) is 0 Å². The zero-order valence-electron chi connectivity index (χ0n) is 11.4. The van der Waals surface area contributed by atoms with Crippen molar-refractivity contribution in [1.29, 1.82) is 0 Å². The highest BCUT2D eigenvalue weighted by Gasteiger charge is 2.28. The van der Waals surface area contributed by atoms with Crippen molar-refractivity contribution < 1.29 is 9.84 Å². The van der Waals surface area contributed by atoms with Crippen LogP contribution in [0.4, 0.5) is 5.69 Å². The van der Waals surface area contributed by atoms with Crippen LogP contribution in [0.3, 0.4) is 0 Å². The predicted molar refractivity (Wildman–Crippen MR) is 79.2 cm³/mol. The van der Waals surface area contributed by atoms with Crippen LogP contribution >= 0.6 is 11.8 Å². The highest BCUT2D eigenvalue weighted by atomic mass is 32.2. The monoisotopic (exact) mass is 307 g/mol. The Hall–Kier alpha value is -1.80. The van der Waals surface area contributed by atoms with E-state index in [1.807, 2.05) is 4.68 Å². The van der Waals surface area contributed by atoms with Crippen molar-refractivity contribution >= 4 is 17.4 Å². The van der Waals surface area contributed by atoms with Gasteiger partial charge in [0.2, 0.25) is 5.16 Å². The molecule has 8 heteroatoms. The molecular weight excluding hydrogens is 290 g/mol. The van der Waals surface area contributed by atoms with Gasteiger partial charge in [-0.25, -0.2) is 4.68 Å². The van der Waals surface area contributed by atoms with Crippen LogP contribution < -0.4 is 10.5 Å². The van der Waals surface area contributed by atoms with E-state index in [1.165, 1.54) is 11.8 Å². The second-order valence-corrected chi connectivity index (χ2v) is 5.97. The van der Waals surface area contributed by atoms with Crippen LogP contribution in [0.5, 0.6) is 5.75 Å². The molecule has 2 aromatic rings. The molecule has 1 saturated carbocycles. The molecule has 1 atom stereocenters. The number of nitrogens with two attached hydrogens (primary N) is 1. The Morgan fingerprint density at radius 2 is 2.14 bits per heavy atom. The fourth-order valence-electron chi connectivity index (χ4n) is 1.80. The first-order chi connectivity index (χ1) is 10.2. The molecule has 112 valence electrons. The first kappa shape index (κ1) is 14.2. The maximum atomic E-state index is 9.96. The van der Waals surface area contributed by atoms with Crippen molar-refractivity contribution in [2.45, 2.75) is 30.1 Å². The second-order valence-electron chi connectivity index (χ2n) is 4.98. The van der Waals surface area contributed by atoms with Crippen molar-refractivity contribution in [3.8, 4) is 5.75 Å². The number of hydrogen-bond donors (Lipinski definition) is 2. The molecule has 3 N–H and O–H groups in total. The fraction of sp³-hybridized carbons (Fsp3) is 0.462. The highest BCUT2D eigenvalue weighted by Crippen LogP contribution is 2.36. The number of ether oxygens (including phenoxy) is 1. The summed E-state index contributed by atoms with van der Waals surface area (Å²) >= 11 is 1.44. The van der Waals surface area contributed by atoms with Crippen LogP contribution in [0.1, 0.15) is 18.9 Å². The zero-order valence-corrected chi connectivity index (χ0v) is 12.2. The van der Waals surface area contributed by atoms with Gasteiger partial charge in [0, 0.05) is 11.4 Å². The van der Waals surface area contributed by atoms with E-state index in [0.29, 0.717) is 23.2 Å². The summed E-state index contributed by atoms with van der Waals surface area (Å²) in [4.78, 5) is 0.